The summed E-state index contributed by atoms with van der Waals surface area (Å²) < 4.78 is 72.2. The lowest BCUT2D eigenvalue weighted by molar-refractivity contribution is -0.385. The minimum atomic E-state index is -4.93. The highest BCUT2D eigenvalue weighted by Crippen LogP contribution is 2.31. The van der Waals surface area contributed by atoms with E-state index >= 15 is 0 Å². The molecule has 1 N–H and O–H groups in total. The number of non-ortho nitro benzene ring substituents is 1. The first-order valence-corrected chi connectivity index (χ1v) is 8.21. The third-order valence-corrected chi connectivity index (χ3v) is 4.39. The maximum absolute atomic E-state index is 12.4. The molecule has 0 aliphatic carbocycles. The zero-order chi connectivity index (χ0) is 19.5. The van der Waals surface area contributed by atoms with Crippen LogP contribution in [-0.4, -0.2) is 26.8 Å². The minimum Gasteiger partial charge on any atom is -0.495 e. The van der Waals surface area contributed by atoms with Gasteiger partial charge in [0.2, 0.25) is 0 Å². The van der Waals surface area contributed by atoms with E-state index in [4.69, 9.17) is 4.74 Å². The topological polar surface area (TPSA) is 108 Å². The van der Waals surface area contributed by atoms with Gasteiger partial charge in [0, 0.05) is 12.1 Å². The van der Waals surface area contributed by atoms with Gasteiger partial charge in [0.15, 0.2) is 0 Å². The molecule has 0 aliphatic heterocycles. The summed E-state index contributed by atoms with van der Waals surface area (Å²) in [7, 11) is -3.17. The van der Waals surface area contributed by atoms with Crippen LogP contribution in [0, 0.1) is 10.1 Å². The Balaban J connectivity index is 2.35. The summed E-state index contributed by atoms with van der Waals surface area (Å²) in [6, 6.07) is 7.03. The van der Waals surface area contributed by atoms with Gasteiger partial charge in [-0.25, -0.2) is 8.42 Å². The summed E-state index contributed by atoms with van der Waals surface area (Å²) >= 11 is 0. The number of hydrogen-bond acceptors (Lipinski definition) is 6. The third-order valence-electron chi connectivity index (χ3n) is 2.97. The van der Waals surface area contributed by atoms with Gasteiger partial charge >= 0.3 is 6.36 Å². The van der Waals surface area contributed by atoms with Crippen molar-refractivity contribution in [1.82, 2.24) is 0 Å². The molecule has 2 aromatic rings. The molecule has 2 rings (SSSR count). The summed E-state index contributed by atoms with van der Waals surface area (Å²) in [5, 5.41) is 10.8. The molecule has 0 bridgehead atoms. The number of hydrogen-bond donors (Lipinski definition) is 1. The van der Waals surface area contributed by atoms with Gasteiger partial charge in [-0.1, -0.05) is 6.07 Å². The second kappa shape index (κ2) is 7.07. The highest BCUT2D eigenvalue weighted by atomic mass is 32.2. The Morgan fingerprint density at radius 2 is 1.85 bits per heavy atom. The van der Waals surface area contributed by atoms with E-state index in [0.29, 0.717) is 0 Å². The Morgan fingerprint density at radius 3 is 2.42 bits per heavy atom. The molecule has 0 amide bonds. The van der Waals surface area contributed by atoms with E-state index in [-0.39, 0.29) is 17.1 Å². The van der Waals surface area contributed by atoms with Crippen LogP contribution in [0.15, 0.2) is 47.4 Å². The zero-order valence-corrected chi connectivity index (χ0v) is 13.8. The zero-order valence-electron chi connectivity index (χ0n) is 13.0. The highest BCUT2D eigenvalue weighted by Gasteiger charge is 2.31. The van der Waals surface area contributed by atoms with Gasteiger partial charge in [-0.2, -0.15) is 0 Å². The van der Waals surface area contributed by atoms with E-state index in [1.165, 1.54) is 6.07 Å². The molecular formula is C14H11F3N2O6S. The molecular weight excluding hydrogens is 381 g/mol. The normalized spacial score (nSPS) is 11.7. The monoisotopic (exact) mass is 392 g/mol. The molecule has 8 nitrogen and oxygen atoms in total. The molecule has 2 aromatic carbocycles. The lowest BCUT2D eigenvalue weighted by Gasteiger charge is -2.13. The standard InChI is InChI=1S/C14H11F3N2O6S/c1-24-12-8-10(19(20)21)5-6-13(12)26(22,23)18-9-3-2-4-11(7-9)25-14(15,16)17/h2-8,18H,1H3. The lowest BCUT2D eigenvalue weighted by Crippen LogP contribution is -2.17. The fourth-order valence-corrected chi connectivity index (χ4v) is 3.16. The van der Waals surface area contributed by atoms with Crippen LogP contribution in [-0.2, 0) is 10.0 Å². The lowest BCUT2D eigenvalue weighted by atomic mass is 10.3. The summed E-state index contributed by atoms with van der Waals surface area (Å²) in [6.45, 7) is 0. The molecule has 0 atom stereocenters. The van der Waals surface area contributed by atoms with Crippen molar-refractivity contribution in [2.75, 3.05) is 11.8 Å². The number of alkyl halides is 3. The van der Waals surface area contributed by atoms with Gasteiger partial charge in [0.1, 0.15) is 16.4 Å². The predicted octanol–water partition coefficient (Wildman–Crippen LogP) is 3.30. The first-order valence-electron chi connectivity index (χ1n) is 6.73. The summed E-state index contributed by atoms with van der Waals surface area (Å²) in [5.41, 5.74) is -0.589. The molecule has 0 fully saturated rings. The number of anilines is 1. The van der Waals surface area contributed by atoms with E-state index in [1.54, 1.807) is 0 Å². The van der Waals surface area contributed by atoms with E-state index in [2.05, 4.69) is 9.46 Å². The number of methoxy groups -OCH3 is 1. The van der Waals surface area contributed by atoms with Crippen LogP contribution in [0.3, 0.4) is 0 Å². The molecule has 26 heavy (non-hydrogen) atoms. The van der Waals surface area contributed by atoms with E-state index < -0.39 is 32.0 Å². The van der Waals surface area contributed by atoms with E-state index in [1.807, 2.05) is 0 Å². The van der Waals surface area contributed by atoms with Gasteiger partial charge in [0.25, 0.3) is 15.7 Å². The molecule has 0 heterocycles. The van der Waals surface area contributed by atoms with Crippen molar-refractivity contribution < 1.29 is 36.0 Å². The highest BCUT2D eigenvalue weighted by molar-refractivity contribution is 7.92. The van der Waals surface area contributed by atoms with Gasteiger partial charge in [-0.05, 0) is 18.2 Å². The summed E-state index contributed by atoms with van der Waals surface area (Å²) in [4.78, 5) is 9.60. The molecule has 0 aromatic heterocycles. The molecule has 12 heteroatoms. The fraction of sp³-hybridized carbons (Fsp3) is 0.143. The maximum atomic E-state index is 12.4. The number of rotatable bonds is 6. The van der Waals surface area contributed by atoms with Gasteiger partial charge in [-0.3, -0.25) is 14.8 Å². The Labute approximate surface area is 145 Å². The van der Waals surface area contributed by atoms with E-state index in [0.717, 1.165) is 43.5 Å². The molecule has 0 spiro atoms. The number of benzene rings is 2. The predicted molar refractivity (Wildman–Crippen MR) is 83.6 cm³/mol. The van der Waals surface area contributed by atoms with Crippen LogP contribution >= 0.6 is 0 Å². The largest absolute Gasteiger partial charge is 0.573 e. The van der Waals surface area contributed by atoms with Crippen molar-refractivity contribution in [3.05, 3.63) is 52.6 Å². The number of nitrogens with one attached hydrogen (secondary N) is 1. The van der Waals surface area contributed by atoms with Crippen LogP contribution < -0.4 is 14.2 Å². The minimum absolute atomic E-state index is 0.202. The maximum Gasteiger partial charge on any atom is 0.573 e. The Kier molecular flexibility index (Phi) is 5.25. The summed E-state index contributed by atoms with van der Waals surface area (Å²) in [5.74, 6) is -0.914. The van der Waals surface area contributed by atoms with E-state index in [9.17, 15) is 31.7 Å². The van der Waals surface area contributed by atoms with Crippen LogP contribution in [0.1, 0.15) is 0 Å². The van der Waals surface area contributed by atoms with Crippen LogP contribution in [0.4, 0.5) is 24.5 Å². The van der Waals surface area contributed by atoms with Crippen LogP contribution in [0.2, 0.25) is 0 Å². The van der Waals surface area contributed by atoms with Crippen LogP contribution in [0.25, 0.3) is 0 Å². The molecule has 0 saturated heterocycles. The Bertz CT molecular complexity index is 931. The van der Waals surface area contributed by atoms with Crippen molar-refractivity contribution in [2.45, 2.75) is 11.3 Å². The average Bonchev–Trinajstić information content (AvgIpc) is 2.52. The number of halogens is 3. The smallest absolute Gasteiger partial charge is 0.495 e. The van der Waals surface area contributed by atoms with Gasteiger partial charge < -0.3 is 9.47 Å². The third kappa shape index (κ3) is 4.75. The Morgan fingerprint density at radius 1 is 1.15 bits per heavy atom. The van der Waals surface area contributed by atoms with Crippen LogP contribution in [0.5, 0.6) is 11.5 Å². The number of sulfonamides is 1. The first-order chi connectivity index (χ1) is 12.0. The average molecular weight is 392 g/mol. The van der Waals surface area contributed by atoms with Crippen molar-refractivity contribution >= 4 is 21.4 Å². The quantitative estimate of drug-likeness (QED) is 0.597. The fourth-order valence-electron chi connectivity index (χ4n) is 1.96. The number of ether oxygens (including phenoxy) is 2. The van der Waals surface area contributed by atoms with Crippen molar-refractivity contribution in [2.24, 2.45) is 0 Å². The molecule has 0 saturated carbocycles. The second-order valence-electron chi connectivity index (χ2n) is 4.77. The number of nitro groups is 1. The first kappa shape index (κ1) is 19.3. The van der Waals surface area contributed by atoms with Crippen molar-refractivity contribution in [1.29, 1.82) is 0 Å². The molecule has 140 valence electrons. The van der Waals surface area contributed by atoms with Crippen molar-refractivity contribution in [3.63, 3.8) is 0 Å². The second-order valence-corrected chi connectivity index (χ2v) is 6.42. The van der Waals surface area contributed by atoms with Gasteiger partial charge in [0.05, 0.1) is 23.8 Å². The SMILES string of the molecule is COc1cc([N+](=O)[O-])ccc1S(=O)(=O)Nc1cccc(OC(F)(F)F)c1. The number of nitrogens with zero attached hydrogens (tertiary/aromatic N) is 1. The summed E-state index contributed by atoms with van der Waals surface area (Å²) in [6.07, 6.45) is -4.93. The molecule has 0 radical (unpaired) electrons. The Hall–Kier alpha value is -3.02. The molecule has 0 unspecified atom stereocenters. The van der Waals surface area contributed by atoms with Gasteiger partial charge in [-0.15, -0.1) is 13.2 Å². The number of nitro benzene ring substituents is 1. The van der Waals surface area contributed by atoms with Crippen molar-refractivity contribution in [3.8, 4) is 11.5 Å². The molecule has 0 aliphatic rings.